The Balaban J connectivity index is 0.00000169. The van der Waals surface area contributed by atoms with Crippen LogP contribution >= 0.6 is 0 Å². The first kappa shape index (κ1) is 23.3. The quantitative estimate of drug-likeness (QED) is 0.422. The van der Waals surface area contributed by atoms with Crippen LogP contribution in [0.2, 0.25) is 0 Å². The Hall–Kier alpha value is -0.690. The molecule has 6 heteroatoms. The molecule has 0 saturated heterocycles. The fourth-order valence-corrected chi connectivity index (χ4v) is 3.30. The van der Waals surface area contributed by atoms with Crippen LogP contribution in [0.4, 0.5) is 0 Å². The van der Waals surface area contributed by atoms with Gasteiger partial charge >= 0.3 is 0 Å². The Bertz CT molecular complexity index is 970. The van der Waals surface area contributed by atoms with E-state index < -0.39 is 10.1 Å². The molecule has 0 fully saturated rings. The summed E-state index contributed by atoms with van der Waals surface area (Å²) in [6.45, 7) is 0. The maximum atomic E-state index is 12.0. The number of benzene rings is 3. The molecule has 0 aliphatic carbocycles. The van der Waals surface area contributed by atoms with Crippen molar-refractivity contribution >= 4 is 80.2 Å². The van der Waals surface area contributed by atoms with Crippen LogP contribution in [0.1, 0.15) is 11.1 Å². The molecule has 2 radical (unpaired) electrons. The summed E-state index contributed by atoms with van der Waals surface area (Å²) in [5, 5.41) is 0. The number of rotatable bonds is 4. The summed E-state index contributed by atoms with van der Waals surface area (Å²) in [5.74, 6) is 0. The van der Waals surface area contributed by atoms with Gasteiger partial charge in [-0.3, -0.25) is 4.55 Å². The molecule has 0 aliphatic heterocycles. The van der Waals surface area contributed by atoms with Crippen molar-refractivity contribution in [2.75, 3.05) is 0 Å². The third-order valence-electron chi connectivity index (χ3n) is 3.65. The average molecular weight is 382 g/mol. The SMILES string of the molecule is O=S(=O)(O)C(=Cc1ccccc1)c1ccccc1-c1ccccc1.[Na].[Na]. The smallest absolute Gasteiger partial charge is 0.282 e. The van der Waals surface area contributed by atoms with Crippen LogP contribution in [0.15, 0.2) is 84.9 Å². The van der Waals surface area contributed by atoms with Crippen LogP contribution in [-0.4, -0.2) is 72.1 Å². The van der Waals surface area contributed by atoms with Gasteiger partial charge in [0.15, 0.2) is 0 Å². The second-order valence-corrected chi connectivity index (χ2v) is 6.70. The Morgan fingerprint density at radius 3 is 1.81 bits per heavy atom. The van der Waals surface area contributed by atoms with Crippen molar-refractivity contribution in [2.45, 2.75) is 0 Å². The van der Waals surface area contributed by atoms with E-state index in [1.54, 1.807) is 24.3 Å². The van der Waals surface area contributed by atoms with E-state index in [9.17, 15) is 13.0 Å². The molecule has 0 spiro atoms. The normalized spacial score (nSPS) is 11.2. The van der Waals surface area contributed by atoms with Crippen LogP contribution in [0.25, 0.3) is 22.1 Å². The first-order valence-corrected chi connectivity index (χ1v) is 8.89. The van der Waals surface area contributed by atoms with Crippen molar-refractivity contribution in [3.63, 3.8) is 0 Å². The summed E-state index contributed by atoms with van der Waals surface area (Å²) in [5.41, 5.74) is 2.80. The maximum Gasteiger partial charge on any atom is 0.295 e. The van der Waals surface area contributed by atoms with E-state index in [2.05, 4.69) is 0 Å². The van der Waals surface area contributed by atoms with Crippen molar-refractivity contribution in [1.82, 2.24) is 0 Å². The predicted octanol–water partition coefficient (Wildman–Crippen LogP) is 3.98. The van der Waals surface area contributed by atoms with Gasteiger partial charge in [0.2, 0.25) is 0 Å². The predicted molar refractivity (Wildman–Crippen MR) is 109 cm³/mol. The van der Waals surface area contributed by atoms with Crippen LogP contribution in [-0.2, 0) is 10.1 Å². The Kier molecular flexibility index (Phi) is 9.51. The van der Waals surface area contributed by atoms with Gasteiger partial charge in [0, 0.05) is 64.7 Å². The Morgan fingerprint density at radius 1 is 0.731 bits per heavy atom. The van der Waals surface area contributed by atoms with Crippen LogP contribution < -0.4 is 0 Å². The van der Waals surface area contributed by atoms with E-state index in [1.807, 2.05) is 60.7 Å². The molecule has 0 aromatic heterocycles. The zero-order valence-corrected chi connectivity index (χ0v) is 19.6. The largest absolute Gasteiger partial charge is 0.295 e. The van der Waals surface area contributed by atoms with Crippen molar-refractivity contribution in [3.05, 3.63) is 96.1 Å². The molecule has 0 atom stereocenters. The molecule has 0 saturated carbocycles. The summed E-state index contributed by atoms with van der Waals surface area (Å²) in [6, 6.07) is 25.7. The third-order valence-corrected chi connectivity index (χ3v) is 4.55. The zero-order valence-electron chi connectivity index (χ0n) is 14.8. The first-order chi connectivity index (χ1) is 11.6. The van der Waals surface area contributed by atoms with E-state index in [-0.39, 0.29) is 64.0 Å². The Labute approximate surface area is 198 Å². The fourth-order valence-electron chi connectivity index (χ4n) is 2.56. The van der Waals surface area contributed by atoms with E-state index in [4.69, 9.17) is 0 Å². The zero-order chi connectivity index (χ0) is 17.0. The van der Waals surface area contributed by atoms with Crippen molar-refractivity contribution < 1.29 is 13.0 Å². The molecule has 0 amide bonds. The van der Waals surface area contributed by atoms with Crippen molar-refractivity contribution in [2.24, 2.45) is 0 Å². The number of hydrogen-bond acceptors (Lipinski definition) is 2. The minimum Gasteiger partial charge on any atom is -0.282 e. The minimum atomic E-state index is -4.39. The molecule has 3 aromatic carbocycles. The molecule has 3 aromatic rings. The molecule has 0 unspecified atom stereocenters. The van der Waals surface area contributed by atoms with Crippen LogP contribution in [0.3, 0.4) is 0 Å². The molecule has 3 rings (SSSR count). The second-order valence-electron chi connectivity index (χ2n) is 5.31. The monoisotopic (exact) mass is 382 g/mol. The van der Waals surface area contributed by atoms with Crippen molar-refractivity contribution in [3.8, 4) is 11.1 Å². The van der Waals surface area contributed by atoms with Gasteiger partial charge in [-0.1, -0.05) is 84.9 Å². The molecule has 122 valence electrons. The van der Waals surface area contributed by atoms with Gasteiger partial charge in [-0.25, -0.2) is 0 Å². The van der Waals surface area contributed by atoms with Crippen LogP contribution in [0, 0.1) is 0 Å². The molecular formula is C20H16Na2O3S. The van der Waals surface area contributed by atoms with Gasteiger partial charge in [0.05, 0.1) is 0 Å². The van der Waals surface area contributed by atoms with Gasteiger partial charge in [0.25, 0.3) is 10.1 Å². The van der Waals surface area contributed by atoms with E-state index in [1.165, 1.54) is 6.08 Å². The number of hydrogen-bond donors (Lipinski definition) is 1. The third kappa shape index (κ3) is 5.91. The molecule has 1 N–H and O–H groups in total. The first-order valence-electron chi connectivity index (χ1n) is 7.45. The molecule has 3 nitrogen and oxygen atoms in total. The molecule has 0 aliphatic rings. The maximum absolute atomic E-state index is 12.0. The van der Waals surface area contributed by atoms with E-state index in [0.29, 0.717) is 11.1 Å². The van der Waals surface area contributed by atoms with Crippen molar-refractivity contribution in [1.29, 1.82) is 0 Å². The molecule has 26 heavy (non-hydrogen) atoms. The van der Waals surface area contributed by atoms with Gasteiger partial charge in [-0.05, 0) is 22.8 Å². The molecular weight excluding hydrogens is 366 g/mol. The summed E-state index contributed by atoms with van der Waals surface area (Å²) in [6.07, 6.45) is 1.48. The summed E-state index contributed by atoms with van der Waals surface area (Å²) < 4.78 is 33.8. The summed E-state index contributed by atoms with van der Waals surface area (Å²) in [4.78, 5) is -0.117. The summed E-state index contributed by atoms with van der Waals surface area (Å²) >= 11 is 0. The summed E-state index contributed by atoms with van der Waals surface area (Å²) in [7, 11) is -4.39. The topological polar surface area (TPSA) is 54.4 Å². The standard InChI is InChI=1S/C20H16O3S.2Na/c21-24(22,23)20(15-16-9-3-1-4-10-16)19-14-8-7-13-18(19)17-11-5-2-6-12-17;;/h1-15H,(H,21,22,23);;. The Morgan fingerprint density at radius 2 is 1.23 bits per heavy atom. The van der Waals surface area contributed by atoms with E-state index >= 15 is 0 Å². The second kappa shape index (κ2) is 10.6. The average Bonchev–Trinajstić information content (AvgIpc) is 2.60. The fraction of sp³-hybridized carbons (Fsp3) is 0. The van der Waals surface area contributed by atoms with Gasteiger partial charge in [0.1, 0.15) is 4.91 Å². The van der Waals surface area contributed by atoms with Gasteiger partial charge < -0.3 is 0 Å². The van der Waals surface area contributed by atoms with Gasteiger partial charge in [-0.15, -0.1) is 0 Å². The van der Waals surface area contributed by atoms with Crippen LogP contribution in [0.5, 0.6) is 0 Å². The van der Waals surface area contributed by atoms with Gasteiger partial charge in [-0.2, -0.15) is 8.42 Å². The molecule has 0 bridgehead atoms. The molecule has 0 heterocycles. The van der Waals surface area contributed by atoms with E-state index in [0.717, 1.165) is 11.1 Å². The minimum absolute atomic E-state index is 0.